The molecule has 0 aromatic carbocycles. The number of aliphatic carboxylic acids is 1. The fourth-order valence-electron chi connectivity index (χ4n) is 0.689. The Morgan fingerprint density at radius 1 is 1.12 bits per heavy atom. The van der Waals surface area contributed by atoms with Crippen LogP contribution in [0.25, 0.3) is 0 Å². The molecule has 0 aliphatic rings. The van der Waals surface area contributed by atoms with Crippen LogP contribution in [0.2, 0.25) is 0 Å². The molecule has 0 aliphatic heterocycles. The minimum Gasteiger partial charge on any atom is -0.550 e. The van der Waals surface area contributed by atoms with Crippen molar-refractivity contribution in [3.8, 4) is 0 Å². The third-order valence-electron chi connectivity index (χ3n) is 1.46. The normalized spacial score (nSPS) is 8.76. The summed E-state index contributed by atoms with van der Waals surface area (Å²) in [4.78, 5) is 31.7. The maximum atomic E-state index is 10.9. The Morgan fingerprint density at radius 3 is 2.12 bits per heavy atom. The molecule has 0 aliphatic carbocycles. The summed E-state index contributed by atoms with van der Waals surface area (Å²) < 4.78 is 9.22. The monoisotopic (exact) mass is 252 g/mol. The fraction of sp³-hybridized carbons (Fsp3) is 0.500. The third kappa shape index (κ3) is 11.4. The minimum atomic E-state index is -1.31. The van der Waals surface area contributed by atoms with Crippen molar-refractivity contribution in [3.63, 3.8) is 0 Å². The van der Waals surface area contributed by atoms with E-state index in [4.69, 9.17) is 0 Å². The van der Waals surface area contributed by atoms with Crippen LogP contribution >= 0.6 is 0 Å². The van der Waals surface area contributed by atoms with Gasteiger partial charge in [-0.25, -0.2) is 4.79 Å². The summed E-state index contributed by atoms with van der Waals surface area (Å²) in [6.07, 6.45) is -0.638. The summed E-state index contributed by atoms with van der Waals surface area (Å²) in [5.74, 6) is -2.55. The molecule has 6 nitrogen and oxygen atoms in total. The second-order valence-electron chi connectivity index (χ2n) is 3.01. The van der Waals surface area contributed by atoms with Gasteiger partial charge in [0.1, 0.15) is 13.2 Å². The van der Waals surface area contributed by atoms with Gasteiger partial charge >= 0.3 is 41.5 Å². The van der Waals surface area contributed by atoms with Crippen LogP contribution in [-0.4, -0.2) is 31.1 Å². The molecule has 0 bridgehead atoms. The molecule has 0 aromatic heterocycles. The van der Waals surface area contributed by atoms with Gasteiger partial charge in [0.05, 0.1) is 6.42 Å². The van der Waals surface area contributed by atoms with E-state index in [1.807, 2.05) is 0 Å². The largest absolute Gasteiger partial charge is 1.00 e. The van der Waals surface area contributed by atoms with E-state index in [9.17, 15) is 19.5 Å². The fourth-order valence-corrected chi connectivity index (χ4v) is 0.689. The van der Waals surface area contributed by atoms with Gasteiger partial charge in [-0.1, -0.05) is 6.58 Å². The second-order valence-corrected chi connectivity index (χ2v) is 3.01. The number of rotatable bonds is 7. The van der Waals surface area contributed by atoms with Gasteiger partial charge in [0.2, 0.25) is 0 Å². The molecule has 17 heavy (non-hydrogen) atoms. The zero-order valence-electron chi connectivity index (χ0n) is 9.99. The summed E-state index contributed by atoms with van der Waals surface area (Å²) in [7, 11) is 0. The summed E-state index contributed by atoms with van der Waals surface area (Å²) in [5, 5.41) is 10.0. The number of carbonyl (C=O) groups excluding carboxylic acids is 3. The molecule has 0 radical (unpaired) electrons. The summed E-state index contributed by atoms with van der Waals surface area (Å²) in [6, 6.07) is 0. The summed E-state index contributed by atoms with van der Waals surface area (Å²) in [5.41, 5.74) is 0.253. The Balaban J connectivity index is 0. The van der Waals surface area contributed by atoms with Gasteiger partial charge in [-0.2, -0.15) is 0 Å². The Morgan fingerprint density at radius 2 is 1.65 bits per heavy atom. The Bertz CT molecular complexity index is 299. The minimum absolute atomic E-state index is 0. The van der Waals surface area contributed by atoms with Gasteiger partial charge in [0, 0.05) is 11.5 Å². The van der Waals surface area contributed by atoms with Crippen LogP contribution in [0.15, 0.2) is 12.2 Å². The van der Waals surface area contributed by atoms with E-state index in [1.54, 1.807) is 0 Å². The molecular formula is C10H13NaO6. The van der Waals surface area contributed by atoms with Gasteiger partial charge in [-0.05, 0) is 13.3 Å². The quantitative estimate of drug-likeness (QED) is 0.199. The molecule has 0 fully saturated rings. The molecule has 0 saturated carbocycles. The molecule has 7 heteroatoms. The predicted octanol–water partition coefficient (Wildman–Crippen LogP) is -3.82. The molecular weight excluding hydrogens is 239 g/mol. The van der Waals surface area contributed by atoms with Crippen molar-refractivity contribution >= 4 is 17.9 Å². The van der Waals surface area contributed by atoms with Crippen LogP contribution in [0.1, 0.15) is 19.8 Å². The van der Waals surface area contributed by atoms with Crippen LogP contribution < -0.4 is 34.7 Å². The van der Waals surface area contributed by atoms with E-state index >= 15 is 0 Å². The molecule has 0 atom stereocenters. The van der Waals surface area contributed by atoms with Crippen molar-refractivity contribution in [1.82, 2.24) is 0 Å². The van der Waals surface area contributed by atoms with Gasteiger partial charge < -0.3 is 19.4 Å². The molecule has 0 N–H and O–H groups in total. The topological polar surface area (TPSA) is 92.7 Å². The average molecular weight is 252 g/mol. The first kappa shape index (κ1) is 18.5. The first-order chi connectivity index (χ1) is 7.43. The maximum absolute atomic E-state index is 10.9. The second kappa shape index (κ2) is 10.3. The van der Waals surface area contributed by atoms with Crippen molar-refractivity contribution in [2.45, 2.75) is 19.8 Å². The zero-order chi connectivity index (χ0) is 12.6. The number of esters is 2. The number of carboxylic acid groups (broad SMARTS) is 1. The van der Waals surface area contributed by atoms with Crippen LogP contribution in [0.3, 0.4) is 0 Å². The van der Waals surface area contributed by atoms with E-state index in [2.05, 4.69) is 16.1 Å². The molecule has 0 saturated heterocycles. The Labute approximate surface area is 121 Å². The van der Waals surface area contributed by atoms with Crippen LogP contribution in [0, 0.1) is 0 Å². The van der Waals surface area contributed by atoms with E-state index in [0.717, 1.165) is 0 Å². The Hall–Kier alpha value is -0.850. The van der Waals surface area contributed by atoms with Crippen LogP contribution in [-0.2, 0) is 23.9 Å². The van der Waals surface area contributed by atoms with E-state index in [-0.39, 0.29) is 61.2 Å². The first-order valence-corrected chi connectivity index (χ1v) is 4.61. The van der Waals surface area contributed by atoms with Crippen LogP contribution in [0.4, 0.5) is 0 Å². The molecule has 90 valence electrons. The molecule has 0 amide bonds. The number of carbonyl (C=O) groups is 3. The van der Waals surface area contributed by atoms with E-state index in [1.165, 1.54) is 6.92 Å². The van der Waals surface area contributed by atoms with Crippen molar-refractivity contribution in [2.75, 3.05) is 13.2 Å². The molecule has 0 spiro atoms. The van der Waals surface area contributed by atoms with E-state index < -0.39 is 17.9 Å². The van der Waals surface area contributed by atoms with Crippen LogP contribution in [0.5, 0.6) is 0 Å². The standard InChI is InChI=1S/C10H14O6.Na/c1-7(2)10(14)16-6-5-15-9(13)4-3-8(11)12;/h1,3-6H2,2H3,(H,11,12);/q;+1/p-1. The van der Waals surface area contributed by atoms with Crippen molar-refractivity contribution in [1.29, 1.82) is 0 Å². The zero-order valence-corrected chi connectivity index (χ0v) is 12.0. The summed E-state index contributed by atoms with van der Waals surface area (Å²) in [6.45, 7) is 4.67. The number of ether oxygens (including phenoxy) is 2. The SMILES string of the molecule is C=C(C)C(=O)OCCOC(=O)CCC(=O)[O-].[Na+]. The molecule has 0 heterocycles. The molecule has 0 rings (SSSR count). The Kier molecular flexibility index (Phi) is 11.2. The molecule has 0 aromatic rings. The summed E-state index contributed by atoms with van der Waals surface area (Å²) >= 11 is 0. The predicted molar refractivity (Wildman–Crippen MR) is 51.0 cm³/mol. The van der Waals surface area contributed by atoms with Crippen molar-refractivity contribution < 1.29 is 58.5 Å². The van der Waals surface area contributed by atoms with Gasteiger partial charge in [-0.15, -0.1) is 0 Å². The third-order valence-corrected chi connectivity index (χ3v) is 1.46. The van der Waals surface area contributed by atoms with Gasteiger partial charge in [0.25, 0.3) is 0 Å². The van der Waals surface area contributed by atoms with Crippen molar-refractivity contribution in [3.05, 3.63) is 12.2 Å². The first-order valence-electron chi connectivity index (χ1n) is 4.61. The average Bonchev–Trinajstić information content (AvgIpc) is 2.20. The van der Waals surface area contributed by atoms with Gasteiger partial charge in [-0.3, -0.25) is 4.79 Å². The van der Waals surface area contributed by atoms with Gasteiger partial charge in [0.15, 0.2) is 0 Å². The number of hydrogen-bond donors (Lipinski definition) is 0. The number of carboxylic acids is 1. The molecule has 0 unspecified atom stereocenters. The number of hydrogen-bond acceptors (Lipinski definition) is 6. The van der Waals surface area contributed by atoms with Crippen molar-refractivity contribution in [2.24, 2.45) is 0 Å². The maximum Gasteiger partial charge on any atom is 1.00 e. The van der Waals surface area contributed by atoms with E-state index in [0.29, 0.717) is 0 Å². The smallest absolute Gasteiger partial charge is 0.550 e.